The molecular weight excluding hydrogens is 328 g/mol. The zero-order valence-corrected chi connectivity index (χ0v) is 13.2. The first-order valence-electron chi connectivity index (χ1n) is 7.37. The number of carbonyl (C=O) groups excluding carboxylic acids is 1. The highest BCUT2D eigenvalue weighted by atomic mass is 16.6. The Labute approximate surface area is 140 Å². The summed E-state index contributed by atoms with van der Waals surface area (Å²) in [5.74, 6) is -0.362. The summed E-state index contributed by atoms with van der Waals surface area (Å²) in [5.41, 5.74) is 0.413. The number of anilines is 1. The SMILES string of the molecule is Cn1ncc2c(=O)n(CCC(=O)Nc3cccc([N+](=O)[O-])c3)cnc21. The highest BCUT2D eigenvalue weighted by Gasteiger charge is 2.11. The molecule has 1 N–H and O–H groups in total. The minimum absolute atomic E-state index is 0.0239. The first-order valence-corrected chi connectivity index (χ1v) is 7.37. The molecule has 0 bridgehead atoms. The van der Waals surface area contributed by atoms with Crippen LogP contribution < -0.4 is 10.9 Å². The lowest BCUT2D eigenvalue weighted by atomic mass is 10.2. The van der Waals surface area contributed by atoms with Crippen LogP contribution in [0.4, 0.5) is 11.4 Å². The smallest absolute Gasteiger partial charge is 0.271 e. The van der Waals surface area contributed by atoms with Gasteiger partial charge in [-0.2, -0.15) is 5.10 Å². The molecule has 2 heterocycles. The maximum atomic E-state index is 12.3. The molecule has 0 saturated carbocycles. The van der Waals surface area contributed by atoms with E-state index in [0.717, 1.165) is 0 Å². The van der Waals surface area contributed by atoms with E-state index in [9.17, 15) is 19.7 Å². The number of nitrogens with one attached hydrogen (secondary N) is 1. The first kappa shape index (κ1) is 16.3. The number of fused-ring (bicyclic) bond motifs is 1. The van der Waals surface area contributed by atoms with Gasteiger partial charge in [0.2, 0.25) is 5.91 Å². The molecule has 0 aliphatic carbocycles. The molecule has 0 aliphatic heterocycles. The third-order valence-corrected chi connectivity index (χ3v) is 3.64. The lowest BCUT2D eigenvalue weighted by molar-refractivity contribution is -0.384. The number of carbonyl (C=O) groups is 1. The molecule has 10 heteroatoms. The van der Waals surface area contributed by atoms with Crippen molar-refractivity contribution in [3.63, 3.8) is 0 Å². The van der Waals surface area contributed by atoms with Crippen molar-refractivity contribution in [3.8, 4) is 0 Å². The molecular formula is C15H14N6O4. The van der Waals surface area contributed by atoms with Gasteiger partial charge < -0.3 is 5.32 Å². The standard InChI is InChI=1S/C15H14N6O4/c1-19-14-12(8-17-19)15(23)20(9-16-14)6-5-13(22)18-10-3-2-4-11(7-10)21(24)25/h2-4,7-9H,5-6H2,1H3,(H,18,22). The second kappa shape index (κ2) is 6.51. The molecule has 0 spiro atoms. The van der Waals surface area contributed by atoms with Gasteiger partial charge in [-0.3, -0.25) is 29.0 Å². The van der Waals surface area contributed by atoms with Crippen LogP contribution in [0.15, 0.2) is 41.6 Å². The summed E-state index contributed by atoms with van der Waals surface area (Å²) in [5, 5.41) is 17.7. The zero-order valence-electron chi connectivity index (χ0n) is 13.2. The van der Waals surface area contributed by atoms with E-state index in [0.29, 0.717) is 16.7 Å². The Morgan fingerprint density at radius 1 is 1.40 bits per heavy atom. The van der Waals surface area contributed by atoms with Gasteiger partial charge >= 0.3 is 0 Å². The van der Waals surface area contributed by atoms with E-state index in [1.807, 2.05) is 0 Å². The Morgan fingerprint density at radius 2 is 2.20 bits per heavy atom. The number of aromatic nitrogens is 4. The largest absolute Gasteiger partial charge is 0.326 e. The maximum Gasteiger partial charge on any atom is 0.271 e. The van der Waals surface area contributed by atoms with Gasteiger partial charge in [0.15, 0.2) is 5.65 Å². The van der Waals surface area contributed by atoms with Crippen LogP contribution >= 0.6 is 0 Å². The normalized spacial score (nSPS) is 10.8. The van der Waals surface area contributed by atoms with Gasteiger partial charge in [-0.05, 0) is 6.07 Å². The predicted molar refractivity (Wildman–Crippen MR) is 89.1 cm³/mol. The van der Waals surface area contributed by atoms with Crippen LogP contribution in [0.25, 0.3) is 11.0 Å². The summed E-state index contributed by atoms with van der Waals surface area (Å²) in [7, 11) is 1.69. The number of hydrogen-bond acceptors (Lipinski definition) is 6. The molecule has 1 aromatic carbocycles. The third kappa shape index (κ3) is 3.37. The van der Waals surface area contributed by atoms with Crippen LogP contribution in [0.3, 0.4) is 0 Å². The quantitative estimate of drug-likeness (QED) is 0.546. The van der Waals surface area contributed by atoms with E-state index in [1.54, 1.807) is 13.1 Å². The average Bonchev–Trinajstić information content (AvgIpc) is 2.96. The third-order valence-electron chi connectivity index (χ3n) is 3.64. The topological polar surface area (TPSA) is 125 Å². The van der Waals surface area contributed by atoms with Crippen LogP contribution in [0.5, 0.6) is 0 Å². The van der Waals surface area contributed by atoms with Gasteiger partial charge in [-0.25, -0.2) is 4.98 Å². The highest BCUT2D eigenvalue weighted by molar-refractivity contribution is 5.91. The molecule has 0 atom stereocenters. The van der Waals surface area contributed by atoms with E-state index in [4.69, 9.17) is 0 Å². The van der Waals surface area contributed by atoms with Gasteiger partial charge in [0.1, 0.15) is 5.39 Å². The van der Waals surface area contributed by atoms with Crippen LogP contribution in [0.2, 0.25) is 0 Å². The van der Waals surface area contributed by atoms with E-state index in [2.05, 4.69) is 15.4 Å². The number of nitrogens with zero attached hydrogens (tertiary/aromatic N) is 5. The number of nitro groups is 1. The molecule has 0 radical (unpaired) electrons. The monoisotopic (exact) mass is 342 g/mol. The van der Waals surface area contributed by atoms with Gasteiger partial charge in [-0.15, -0.1) is 0 Å². The van der Waals surface area contributed by atoms with E-state index < -0.39 is 4.92 Å². The Hall–Kier alpha value is -3.56. The molecule has 0 aliphatic rings. The Kier molecular flexibility index (Phi) is 4.25. The highest BCUT2D eigenvalue weighted by Crippen LogP contribution is 2.17. The molecule has 0 unspecified atom stereocenters. The molecule has 128 valence electrons. The maximum absolute atomic E-state index is 12.3. The number of amides is 1. The van der Waals surface area contributed by atoms with Crippen molar-refractivity contribution in [2.24, 2.45) is 7.05 Å². The number of non-ortho nitro benzene ring substituents is 1. The van der Waals surface area contributed by atoms with Crippen LogP contribution in [-0.4, -0.2) is 30.2 Å². The van der Waals surface area contributed by atoms with Crippen molar-refractivity contribution < 1.29 is 9.72 Å². The molecule has 3 aromatic rings. The number of nitro benzene ring substituents is 1. The number of rotatable bonds is 5. The molecule has 10 nitrogen and oxygen atoms in total. The zero-order chi connectivity index (χ0) is 18.0. The number of hydrogen-bond donors (Lipinski definition) is 1. The van der Waals surface area contributed by atoms with Crippen LogP contribution in [-0.2, 0) is 18.4 Å². The van der Waals surface area contributed by atoms with E-state index in [-0.39, 0.29) is 30.1 Å². The Balaban J connectivity index is 1.68. The lowest BCUT2D eigenvalue weighted by Gasteiger charge is -2.07. The average molecular weight is 342 g/mol. The molecule has 25 heavy (non-hydrogen) atoms. The van der Waals surface area contributed by atoms with Gasteiger partial charge in [0.25, 0.3) is 11.2 Å². The fourth-order valence-corrected chi connectivity index (χ4v) is 2.37. The van der Waals surface area contributed by atoms with Crippen molar-refractivity contribution >= 4 is 28.3 Å². The summed E-state index contributed by atoms with van der Waals surface area (Å²) in [6.45, 7) is 0.136. The molecule has 2 aromatic heterocycles. The summed E-state index contributed by atoms with van der Waals surface area (Å²) in [4.78, 5) is 38.7. The lowest BCUT2D eigenvalue weighted by Crippen LogP contribution is -2.23. The number of benzene rings is 1. The van der Waals surface area contributed by atoms with Crippen molar-refractivity contribution in [3.05, 3.63) is 57.3 Å². The fraction of sp³-hybridized carbons (Fsp3) is 0.200. The van der Waals surface area contributed by atoms with Crippen LogP contribution in [0, 0.1) is 10.1 Å². The minimum atomic E-state index is -0.538. The summed E-state index contributed by atoms with van der Waals surface area (Å²) in [6, 6.07) is 5.65. The first-order chi connectivity index (χ1) is 12.0. The Morgan fingerprint density at radius 3 is 2.96 bits per heavy atom. The molecule has 0 fully saturated rings. The molecule has 1 amide bonds. The van der Waals surface area contributed by atoms with Crippen LogP contribution in [0.1, 0.15) is 6.42 Å². The van der Waals surface area contributed by atoms with Crippen molar-refractivity contribution in [2.75, 3.05) is 5.32 Å². The summed E-state index contributed by atoms with van der Waals surface area (Å²) < 4.78 is 2.83. The summed E-state index contributed by atoms with van der Waals surface area (Å²) >= 11 is 0. The van der Waals surface area contributed by atoms with Gasteiger partial charge in [0.05, 0.1) is 17.4 Å². The second-order valence-corrected chi connectivity index (χ2v) is 5.35. The van der Waals surface area contributed by atoms with Crippen molar-refractivity contribution in [2.45, 2.75) is 13.0 Å². The fourth-order valence-electron chi connectivity index (χ4n) is 2.37. The van der Waals surface area contributed by atoms with Gasteiger partial charge in [-0.1, -0.05) is 6.07 Å². The molecule has 3 rings (SSSR count). The Bertz CT molecular complexity index is 1020. The molecule has 0 saturated heterocycles. The van der Waals surface area contributed by atoms with E-state index in [1.165, 1.54) is 40.0 Å². The predicted octanol–water partition coefficient (Wildman–Crippen LogP) is 1.07. The number of aryl methyl sites for hydroxylation is 2. The minimum Gasteiger partial charge on any atom is -0.326 e. The van der Waals surface area contributed by atoms with Gasteiger partial charge in [0, 0.05) is 37.8 Å². The van der Waals surface area contributed by atoms with Crippen molar-refractivity contribution in [1.29, 1.82) is 0 Å². The van der Waals surface area contributed by atoms with Crippen molar-refractivity contribution in [1.82, 2.24) is 19.3 Å². The van der Waals surface area contributed by atoms with E-state index >= 15 is 0 Å². The summed E-state index contributed by atoms with van der Waals surface area (Å²) in [6.07, 6.45) is 2.83. The second-order valence-electron chi connectivity index (χ2n) is 5.35.